The molecule has 0 fully saturated rings. The van der Waals surface area contributed by atoms with Gasteiger partial charge in [-0.1, -0.05) is 97.1 Å². The van der Waals surface area contributed by atoms with Crippen molar-refractivity contribution in [3.8, 4) is 11.1 Å². The molecule has 4 aromatic rings. The molecule has 4 heteroatoms. The van der Waals surface area contributed by atoms with Crippen LogP contribution in [0.3, 0.4) is 0 Å². The van der Waals surface area contributed by atoms with Gasteiger partial charge in [0.25, 0.3) is 0 Å². The molecule has 0 bridgehead atoms. The smallest absolute Gasteiger partial charge is 0.162 e. The highest BCUT2D eigenvalue weighted by Gasteiger charge is 2.58. The monoisotopic (exact) mass is 406 g/mol. The number of hydrogen-bond acceptors (Lipinski definition) is 2. The maximum atomic E-state index is 14.4. The van der Waals surface area contributed by atoms with E-state index in [0.717, 1.165) is 39.2 Å². The summed E-state index contributed by atoms with van der Waals surface area (Å²) in [5, 5.41) is 4.99. The van der Waals surface area contributed by atoms with E-state index in [1.807, 2.05) is 72.8 Å². The standard InChI is InChI=1S/C26H18N2OS/c29-30-26(23-17-9-7-15-21(23)22-16-8-10-18-24(22)26)25(19-11-3-1-4-12-19)27-28(30)20-13-5-2-6-14-20/h1-18H. The molecule has 1 aliphatic carbocycles. The summed E-state index contributed by atoms with van der Waals surface area (Å²) >= 11 is 0. The highest BCUT2D eigenvalue weighted by atomic mass is 32.2. The van der Waals surface area contributed by atoms with E-state index in [9.17, 15) is 4.21 Å². The van der Waals surface area contributed by atoms with Gasteiger partial charge in [0.2, 0.25) is 0 Å². The molecule has 3 nitrogen and oxygen atoms in total. The van der Waals surface area contributed by atoms with Gasteiger partial charge in [0, 0.05) is 5.56 Å². The second-order valence-corrected chi connectivity index (χ2v) is 8.90. The van der Waals surface area contributed by atoms with Crippen LogP contribution < -0.4 is 4.41 Å². The van der Waals surface area contributed by atoms with E-state index in [1.54, 1.807) is 4.41 Å². The second-order valence-electron chi connectivity index (χ2n) is 7.44. The second kappa shape index (κ2) is 6.51. The molecule has 1 atom stereocenters. The number of hydrogen-bond donors (Lipinski definition) is 0. The summed E-state index contributed by atoms with van der Waals surface area (Å²) in [7, 11) is -1.47. The van der Waals surface area contributed by atoms with Gasteiger partial charge in [-0.05, 0) is 34.4 Å². The van der Waals surface area contributed by atoms with Crippen molar-refractivity contribution in [2.45, 2.75) is 4.75 Å². The van der Waals surface area contributed by atoms with Gasteiger partial charge in [0.15, 0.2) is 15.7 Å². The third kappa shape index (κ3) is 2.20. The van der Waals surface area contributed by atoms with Gasteiger partial charge in [-0.25, -0.2) is 4.21 Å². The number of anilines is 1. The predicted molar refractivity (Wildman–Crippen MR) is 123 cm³/mol. The van der Waals surface area contributed by atoms with Crippen LogP contribution in [0.2, 0.25) is 0 Å². The Labute approximate surface area is 177 Å². The largest absolute Gasteiger partial charge is 0.233 e. The highest BCUT2D eigenvalue weighted by molar-refractivity contribution is 7.89. The predicted octanol–water partition coefficient (Wildman–Crippen LogP) is 5.50. The molecule has 0 saturated heterocycles. The molecule has 144 valence electrons. The minimum absolute atomic E-state index is 0.822. The average Bonchev–Trinajstić information content (AvgIpc) is 3.29. The maximum Gasteiger partial charge on any atom is 0.162 e. The van der Waals surface area contributed by atoms with Crippen LogP contribution in [-0.2, 0) is 15.7 Å². The molecule has 1 aliphatic heterocycles. The lowest BCUT2D eigenvalue weighted by molar-refractivity contribution is 0.673. The molecule has 1 spiro atoms. The van der Waals surface area contributed by atoms with Crippen LogP contribution in [0.1, 0.15) is 16.7 Å². The molecule has 0 aromatic heterocycles. The Morgan fingerprint density at radius 1 is 0.633 bits per heavy atom. The lowest BCUT2D eigenvalue weighted by Crippen LogP contribution is -2.39. The molecular weight excluding hydrogens is 388 g/mol. The molecular formula is C26H18N2OS. The maximum absolute atomic E-state index is 14.4. The molecule has 0 N–H and O–H groups in total. The molecule has 0 radical (unpaired) electrons. The topological polar surface area (TPSA) is 32.7 Å². The SMILES string of the molecule is O=S1N(c2ccccc2)N=C(c2ccccc2)C12c1ccccc1-c1ccccc12. The third-order valence-electron chi connectivity index (χ3n) is 5.87. The van der Waals surface area contributed by atoms with Crippen LogP contribution in [0.4, 0.5) is 5.69 Å². The molecule has 1 unspecified atom stereocenters. The molecule has 0 amide bonds. The van der Waals surface area contributed by atoms with E-state index >= 15 is 0 Å². The van der Waals surface area contributed by atoms with Gasteiger partial charge in [-0.15, -0.1) is 0 Å². The minimum Gasteiger partial charge on any atom is -0.233 e. The molecule has 0 saturated carbocycles. The zero-order valence-corrected chi connectivity index (χ0v) is 16.9. The first kappa shape index (κ1) is 17.4. The highest BCUT2D eigenvalue weighted by Crippen LogP contribution is 2.55. The van der Waals surface area contributed by atoms with Crippen molar-refractivity contribution in [3.05, 3.63) is 126 Å². The summed E-state index contributed by atoms with van der Waals surface area (Å²) in [6.07, 6.45) is 0. The summed E-state index contributed by atoms with van der Waals surface area (Å²) in [5.74, 6) is 0. The lowest BCUT2D eigenvalue weighted by Gasteiger charge is -2.28. The van der Waals surface area contributed by atoms with Crippen LogP contribution in [-0.4, -0.2) is 9.92 Å². The zero-order valence-electron chi connectivity index (χ0n) is 16.1. The number of hydrazone groups is 1. The zero-order chi connectivity index (χ0) is 20.1. The van der Waals surface area contributed by atoms with Crippen molar-refractivity contribution in [3.63, 3.8) is 0 Å². The van der Waals surface area contributed by atoms with Crippen LogP contribution in [0, 0.1) is 0 Å². The first-order valence-corrected chi connectivity index (χ1v) is 11.0. The van der Waals surface area contributed by atoms with E-state index in [-0.39, 0.29) is 0 Å². The number of nitrogens with zero attached hydrogens (tertiary/aromatic N) is 2. The number of fused-ring (bicyclic) bond motifs is 5. The lowest BCUT2D eigenvalue weighted by atomic mass is 9.87. The summed E-state index contributed by atoms with van der Waals surface area (Å²) in [6, 6.07) is 36.4. The van der Waals surface area contributed by atoms with Crippen molar-refractivity contribution < 1.29 is 4.21 Å². The fourth-order valence-corrected chi connectivity index (χ4v) is 6.40. The van der Waals surface area contributed by atoms with Crippen LogP contribution in [0.15, 0.2) is 114 Å². The summed E-state index contributed by atoms with van der Waals surface area (Å²) in [5.41, 5.74) is 6.97. The number of para-hydroxylation sites is 1. The summed E-state index contributed by atoms with van der Waals surface area (Å²) < 4.78 is 15.2. The normalized spacial score (nSPS) is 18.2. The Bertz CT molecular complexity index is 1270. The Hall–Kier alpha value is -3.50. The third-order valence-corrected chi connectivity index (χ3v) is 7.63. The van der Waals surface area contributed by atoms with Crippen molar-refractivity contribution in [2.24, 2.45) is 5.10 Å². The summed E-state index contributed by atoms with van der Waals surface area (Å²) in [4.78, 5) is 0. The van der Waals surface area contributed by atoms with E-state index in [2.05, 4.69) is 36.4 Å². The van der Waals surface area contributed by atoms with Crippen LogP contribution in [0.25, 0.3) is 11.1 Å². The van der Waals surface area contributed by atoms with E-state index in [4.69, 9.17) is 5.10 Å². The van der Waals surface area contributed by atoms with Gasteiger partial charge in [-0.2, -0.15) is 9.52 Å². The average molecular weight is 407 g/mol. The van der Waals surface area contributed by atoms with Crippen molar-refractivity contribution in [1.29, 1.82) is 0 Å². The van der Waals surface area contributed by atoms with E-state index in [0.29, 0.717) is 0 Å². The van der Waals surface area contributed by atoms with Crippen LogP contribution >= 0.6 is 0 Å². The quantitative estimate of drug-likeness (QED) is 0.433. The first-order valence-electron chi connectivity index (χ1n) is 9.93. The van der Waals surface area contributed by atoms with Gasteiger partial charge in [-0.3, -0.25) is 0 Å². The fraction of sp³-hybridized carbons (Fsp3) is 0.0385. The van der Waals surface area contributed by atoms with Gasteiger partial charge >= 0.3 is 0 Å². The number of benzene rings is 4. The van der Waals surface area contributed by atoms with Gasteiger partial charge in [0.05, 0.1) is 11.4 Å². The summed E-state index contributed by atoms with van der Waals surface area (Å²) in [6.45, 7) is 0. The van der Waals surface area contributed by atoms with Gasteiger partial charge < -0.3 is 0 Å². The molecule has 1 heterocycles. The van der Waals surface area contributed by atoms with Gasteiger partial charge in [0.1, 0.15) is 0 Å². The van der Waals surface area contributed by atoms with Crippen molar-refractivity contribution in [2.75, 3.05) is 4.41 Å². The van der Waals surface area contributed by atoms with Crippen molar-refractivity contribution in [1.82, 2.24) is 0 Å². The Balaban J connectivity index is 1.70. The van der Waals surface area contributed by atoms with E-state index < -0.39 is 15.7 Å². The minimum atomic E-state index is -1.47. The fourth-order valence-electron chi connectivity index (χ4n) is 4.62. The molecule has 30 heavy (non-hydrogen) atoms. The van der Waals surface area contributed by atoms with E-state index in [1.165, 1.54) is 0 Å². The Morgan fingerprint density at radius 3 is 1.73 bits per heavy atom. The first-order chi connectivity index (χ1) is 14.8. The molecule has 2 aliphatic rings. The Kier molecular flexibility index (Phi) is 3.77. The Morgan fingerprint density at radius 2 is 1.13 bits per heavy atom. The molecule has 6 rings (SSSR count). The molecule has 4 aromatic carbocycles. The van der Waals surface area contributed by atoms with Crippen molar-refractivity contribution >= 4 is 22.4 Å². The number of rotatable bonds is 2. The van der Waals surface area contributed by atoms with Crippen LogP contribution in [0.5, 0.6) is 0 Å².